The van der Waals surface area contributed by atoms with Crippen LogP contribution in [0, 0.1) is 6.92 Å². The Labute approximate surface area is 114 Å². The number of hydrogen-bond acceptors (Lipinski definition) is 5. The molecule has 1 amide bonds. The van der Waals surface area contributed by atoms with Crippen LogP contribution >= 0.6 is 0 Å². The second-order valence-corrected chi connectivity index (χ2v) is 4.31. The molecule has 2 aromatic heterocycles. The molecule has 2 aromatic rings. The van der Waals surface area contributed by atoms with Crippen LogP contribution in [-0.2, 0) is 18.4 Å². The molecule has 0 aliphatic heterocycles. The van der Waals surface area contributed by atoms with Crippen molar-refractivity contribution in [2.24, 2.45) is 7.05 Å². The summed E-state index contributed by atoms with van der Waals surface area (Å²) >= 11 is 0. The Kier molecular flexibility index (Phi) is 3.42. The first-order valence-electron chi connectivity index (χ1n) is 5.73. The summed E-state index contributed by atoms with van der Waals surface area (Å²) in [6, 6.07) is 0. The van der Waals surface area contributed by atoms with Crippen LogP contribution < -0.4 is 11.1 Å². The lowest BCUT2D eigenvalue weighted by molar-refractivity contribution is -0.116. The van der Waals surface area contributed by atoms with Crippen molar-refractivity contribution < 1.29 is 14.7 Å². The quantitative estimate of drug-likeness (QED) is 0.713. The lowest BCUT2D eigenvalue weighted by Gasteiger charge is -2.03. The maximum atomic E-state index is 11.8. The van der Waals surface area contributed by atoms with Crippen molar-refractivity contribution in [1.29, 1.82) is 0 Å². The molecule has 2 rings (SSSR count). The first-order chi connectivity index (χ1) is 9.36. The Morgan fingerprint density at radius 2 is 2.10 bits per heavy atom. The van der Waals surface area contributed by atoms with E-state index in [-0.39, 0.29) is 17.9 Å². The number of carboxylic acids is 1. The van der Waals surface area contributed by atoms with E-state index < -0.39 is 11.9 Å². The number of aromatic carboxylic acids is 1. The normalized spacial score (nSPS) is 10.5. The molecule has 0 aliphatic carbocycles. The fourth-order valence-electron chi connectivity index (χ4n) is 1.69. The number of aromatic nitrogens is 4. The molecule has 0 spiro atoms. The number of rotatable bonds is 4. The highest BCUT2D eigenvalue weighted by molar-refractivity contribution is 5.98. The SMILES string of the molecule is Cc1cn(CC(=O)Nc2cn(C)nc2C(=O)O)nc1N. The third kappa shape index (κ3) is 2.76. The Morgan fingerprint density at radius 3 is 2.65 bits per heavy atom. The van der Waals surface area contributed by atoms with Crippen LogP contribution in [0.3, 0.4) is 0 Å². The summed E-state index contributed by atoms with van der Waals surface area (Å²) in [6.45, 7) is 1.71. The van der Waals surface area contributed by atoms with Gasteiger partial charge in [0.05, 0.1) is 5.69 Å². The van der Waals surface area contributed by atoms with Crippen LogP contribution in [0.25, 0.3) is 0 Å². The monoisotopic (exact) mass is 278 g/mol. The lowest BCUT2D eigenvalue weighted by Crippen LogP contribution is -2.20. The van der Waals surface area contributed by atoms with E-state index in [1.54, 1.807) is 20.2 Å². The van der Waals surface area contributed by atoms with Crippen LogP contribution in [-0.4, -0.2) is 36.5 Å². The number of carbonyl (C=O) groups excluding carboxylic acids is 1. The van der Waals surface area contributed by atoms with Gasteiger partial charge in [0.15, 0.2) is 5.69 Å². The van der Waals surface area contributed by atoms with E-state index in [0.29, 0.717) is 5.82 Å². The number of nitrogens with two attached hydrogens (primary N) is 1. The zero-order valence-corrected chi connectivity index (χ0v) is 11.0. The maximum Gasteiger partial charge on any atom is 0.358 e. The second-order valence-electron chi connectivity index (χ2n) is 4.31. The van der Waals surface area contributed by atoms with Crippen LogP contribution in [0.5, 0.6) is 0 Å². The molecule has 0 bridgehead atoms. The van der Waals surface area contributed by atoms with Gasteiger partial charge in [-0.2, -0.15) is 10.2 Å². The van der Waals surface area contributed by atoms with Crippen molar-refractivity contribution in [3.8, 4) is 0 Å². The third-order valence-electron chi connectivity index (χ3n) is 2.59. The minimum atomic E-state index is -1.21. The highest BCUT2D eigenvalue weighted by Gasteiger charge is 2.17. The summed E-state index contributed by atoms with van der Waals surface area (Å²) in [4.78, 5) is 22.8. The molecule has 106 valence electrons. The Morgan fingerprint density at radius 1 is 1.40 bits per heavy atom. The Bertz CT molecular complexity index is 652. The fraction of sp³-hybridized carbons (Fsp3) is 0.273. The predicted molar refractivity (Wildman–Crippen MR) is 70.2 cm³/mol. The van der Waals surface area contributed by atoms with E-state index in [1.807, 2.05) is 0 Å². The summed E-state index contributed by atoms with van der Waals surface area (Å²) in [5.41, 5.74) is 6.28. The molecule has 4 N–H and O–H groups in total. The Hall–Kier alpha value is -2.84. The number of nitrogens with one attached hydrogen (secondary N) is 1. The molecule has 0 fully saturated rings. The minimum Gasteiger partial charge on any atom is -0.476 e. The van der Waals surface area contributed by atoms with E-state index in [1.165, 1.54) is 15.6 Å². The van der Waals surface area contributed by atoms with Gasteiger partial charge in [-0.3, -0.25) is 14.2 Å². The van der Waals surface area contributed by atoms with Gasteiger partial charge >= 0.3 is 5.97 Å². The van der Waals surface area contributed by atoms with Crippen molar-refractivity contribution in [2.75, 3.05) is 11.1 Å². The summed E-state index contributed by atoms with van der Waals surface area (Å²) in [6.07, 6.45) is 3.06. The lowest BCUT2D eigenvalue weighted by atomic mass is 10.3. The first-order valence-corrected chi connectivity index (χ1v) is 5.73. The molecule has 0 saturated heterocycles. The second kappa shape index (κ2) is 5.03. The van der Waals surface area contributed by atoms with Crippen LogP contribution in [0.2, 0.25) is 0 Å². The molecule has 0 radical (unpaired) electrons. The standard InChI is InChI=1S/C11H14N6O3/c1-6-3-17(15-10(6)12)5-8(18)13-7-4-16(2)14-9(7)11(19)20/h3-4H,5H2,1-2H3,(H2,12,15)(H,13,18)(H,19,20). The zero-order valence-electron chi connectivity index (χ0n) is 11.0. The van der Waals surface area contributed by atoms with Gasteiger partial charge in [-0.15, -0.1) is 0 Å². The topological polar surface area (TPSA) is 128 Å². The van der Waals surface area contributed by atoms with Gasteiger partial charge in [0.1, 0.15) is 12.4 Å². The smallest absolute Gasteiger partial charge is 0.358 e. The number of nitrogen functional groups attached to an aromatic ring is 1. The van der Waals surface area contributed by atoms with Gasteiger partial charge in [-0.25, -0.2) is 4.79 Å². The molecule has 0 saturated carbocycles. The molecule has 0 unspecified atom stereocenters. The van der Waals surface area contributed by atoms with Crippen LogP contribution in [0.15, 0.2) is 12.4 Å². The van der Waals surface area contributed by atoms with Crippen molar-refractivity contribution in [3.05, 3.63) is 23.7 Å². The molecule has 0 atom stereocenters. The average Bonchev–Trinajstić information content (AvgIpc) is 2.83. The van der Waals surface area contributed by atoms with Crippen LogP contribution in [0.1, 0.15) is 16.1 Å². The highest BCUT2D eigenvalue weighted by atomic mass is 16.4. The van der Waals surface area contributed by atoms with Crippen molar-refractivity contribution in [2.45, 2.75) is 13.5 Å². The van der Waals surface area contributed by atoms with Gasteiger partial charge in [0, 0.05) is 25.0 Å². The summed E-state index contributed by atoms with van der Waals surface area (Å²) in [5.74, 6) is -1.27. The molecule has 2 heterocycles. The van der Waals surface area contributed by atoms with Crippen molar-refractivity contribution >= 4 is 23.4 Å². The largest absolute Gasteiger partial charge is 0.476 e. The molecule has 0 aromatic carbocycles. The molecule has 20 heavy (non-hydrogen) atoms. The Balaban J connectivity index is 2.10. The van der Waals surface area contributed by atoms with Gasteiger partial charge in [0.25, 0.3) is 0 Å². The zero-order chi connectivity index (χ0) is 14.9. The highest BCUT2D eigenvalue weighted by Crippen LogP contribution is 2.13. The van der Waals surface area contributed by atoms with Gasteiger partial charge in [-0.1, -0.05) is 0 Å². The number of aryl methyl sites for hydroxylation is 2. The number of hydrogen-bond donors (Lipinski definition) is 3. The molecule has 0 aliphatic rings. The maximum absolute atomic E-state index is 11.8. The number of carboxylic acid groups (broad SMARTS) is 1. The average molecular weight is 278 g/mol. The predicted octanol–water partition coefficient (Wildman–Crippen LogP) is -0.156. The van der Waals surface area contributed by atoms with E-state index in [0.717, 1.165) is 5.56 Å². The molecule has 9 nitrogen and oxygen atoms in total. The first kappa shape index (κ1) is 13.6. The molecular weight excluding hydrogens is 264 g/mol. The summed E-state index contributed by atoms with van der Waals surface area (Å²) in [5, 5.41) is 19.1. The molecular formula is C11H14N6O3. The number of nitrogens with zero attached hydrogens (tertiary/aromatic N) is 4. The van der Waals surface area contributed by atoms with E-state index in [9.17, 15) is 9.59 Å². The van der Waals surface area contributed by atoms with E-state index in [4.69, 9.17) is 10.8 Å². The van der Waals surface area contributed by atoms with Crippen molar-refractivity contribution in [3.63, 3.8) is 0 Å². The van der Waals surface area contributed by atoms with Gasteiger partial charge in [0.2, 0.25) is 5.91 Å². The summed E-state index contributed by atoms with van der Waals surface area (Å²) in [7, 11) is 1.57. The van der Waals surface area contributed by atoms with E-state index in [2.05, 4.69) is 15.5 Å². The van der Waals surface area contributed by atoms with Crippen LogP contribution in [0.4, 0.5) is 11.5 Å². The third-order valence-corrected chi connectivity index (χ3v) is 2.59. The minimum absolute atomic E-state index is 0.0635. The molecule has 9 heteroatoms. The number of amides is 1. The van der Waals surface area contributed by atoms with Gasteiger partial charge < -0.3 is 16.2 Å². The summed E-state index contributed by atoms with van der Waals surface area (Å²) < 4.78 is 2.70. The van der Waals surface area contributed by atoms with E-state index >= 15 is 0 Å². The fourth-order valence-corrected chi connectivity index (χ4v) is 1.69. The number of carbonyl (C=O) groups is 2. The van der Waals surface area contributed by atoms with Crippen molar-refractivity contribution in [1.82, 2.24) is 19.6 Å². The van der Waals surface area contributed by atoms with Gasteiger partial charge in [-0.05, 0) is 6.92 Å². The number of anilines is 2.